The highest BCUT2D eigenvalue weighted by molar-refractivity contribution is 6.01. The van der Waals surface area contributed by atoms with Crippen molar-refractivity contribution in [3.63, 3.8) is 0 Å². The van der Waals surface area contributed by atoms with Gasteiger partial charge < -0.3 is 9.47 Å². The second kappa shape index (κ2) is 7.39. The molecule has 1 aliphatic heterocycles. The van der Waals surface area contributed by atoms with Crippen LogP contribution < -0.4 is 0 Å². The Morgan fingerprint density at radius 1 is 0.889 bits per heavy atom. The lowest BCUT2D eigenvalue weighted by atomic mass is 9.77. The van der Waals surface area contributed by atoms with Gasteiger partial charge in [-0.05, 0) is 12.8 Å². The van der Waals surface area contributed by atoms with E-state index in [0.29, 0.717) is 12.8 Å². The number of unbranched alkanes of at least 4 members (excludes halogenated alkanes) is 4. The van der Waals surface area contributed by atoms with Crippen molar-refractivity contribution >= 4 is 11.9 Å². The van der Waals surface area contributed by atoms with Crippen molar-refractivity contribution < 1.29 is 19.1 Å². The van der Waals surface area contributed by atoms with Gasteiger partial charge in [-0.2, -0.15) is 0 Å². The van der Waals surface area contributed by atoms with Crippen molar-refractivity contribution in [3.8, 4) is 0 Å². The number of cyclic esters (lactones) is 2. The number of esters is 2. The second-order valence-electron chi connectivity index (χ2n) is 4.98. The summed E-state index contributed by atoms with van der Waals surface area (Å²) in [4.78, 5) is 24.0. The third kappa shape index (κ3) is 3.47. The van der Waals surface area contributed by atoms with Gasteiger partial charge in [-0.1, -0.05) is 52.4 Å². The molecule has 0 aliphatic carbocycles. The number of rotatable bonds is 8. The fourth-order valence-corrected chi connectivity index (χ4v) is 2.38. The SMILES string of the molecule is CCCCCC1(CCCCC)C(=O)OCOC1=O. The first-order chi connectivity index (χ1) is 8.67. The fraction of sp³-hybridized carbons (Fsp3) is 0.857. The van der Waals surface area contributed by atoms with Crippen LogP contribution in [0.2, 0.25) is 0 Å². The summed E-state index contributed by atoms with van der Waals surface area (Å²) in [7, 11) is 0. The Labute approximate surface area is 109 Å². The van der Waals surface area contributed by atoms with Crippen molar-refractivity contribution in [2.75, 3.05) is 6.79 Å². The Hall–Kier alpha value is -1.06. The van der Waals surface area contributed by atoms with E-state index in [9.17, 15) is 9.59 Å². The first-order valence-electron chi connectivity index (χ1n) is 7.02. The third-order valence-corrected chi connectivity index (χ3v) is 3.58. The molecular weight excluding hydrogens is 232 g/mol. The van der Waals surface area contributed by atoms with Gasteiger partial charge in [0.15, 0.2) is 5.41 Å². The summed E-state index contributed by atoms with van der Waals surface area (Å²) in [5, 5.41) is 0. The summed E-state index contributed by atoms with van der Waals surface area (Å²) in [6.45, 7) is 3.98. The zero-order valence-corrected chi connectivity index (χ0v) is 11.5. The van der Waals surface area contributed by atoms with Crippen LogP contribution in [0.3, 0.4) is 0 Å². The maximum atomic E-state index is 12.0. The predicted octanol–water partition coefficient (Wildman–Crippen LogP) is 3.19. The van der Waals surface area contributed by atoms with Gasteiger partial charge in [0.2, 0.25) is 6.79 Å². The highest BCUT2D eigenvalue weighted by Gasteiger charge is 2.50. The van der Waals surface area contributed by atoms with Crippen LogP contribution in [-0.4, -0.2) is 18.7 Å². The number of carbonyl (C=O) groups is 2. The molecule has 0 radical (unpaired) electrons. The van der Waals surface area contributed by atoms with Gasteiger partial charge in [0.25, 0.3) is 0 Å². The van der Waals surface area contributed by atoms with E-state index in [1.807, 2.05) is 0 Å². The molecule has 0 aromatic carbocycles. The molecule has 1 heterocycles. The largest absolute Gasteiger partial charge is 0.427 e. The average Bonchev–Trinajstić information content (AvgIpc) is 2.35. The molecule has 0 amide bonds. The van der Waals surface area contributed by atoms with Crippen molar-refractivity contribution in [1.29, 1.82) is 0 Å². The van der Waals surface area contributed by atoms with E-state index >= 15 is 0 Å². The molecule has 0 bridgehead atoms. The summed E-state index contributed by atoms with van der Waals surface area (Å²) in [6.07, 6.45) is 7.03. The molecule has 18 heavy (non-hydrogen) atoms. The van der Waals surface area contributed by atoms with Gasteiger partial charge in [-0.15, -0.1) is 0 Å². The van der Waals surface area contributed by atoms with Crippen LogP contribution in [0.15, 0.2) is 0 Å². The minimum Gasteiger partial charge on any atom is -0.427 e. The molecular formula is C14H24O4. The lowest BCUT2D eigenvalue weighted by Crippen LogP contribution is -2.46. The number of ether oxygens (including phenoxy) is 2. The molecule has 104 valence electrons. The smallest absolute Gasteiger partial charge is 0.326 e. The standard InChI is InChI=1S/C14H24O4/c1-3-5-7-9-14(10-8-6-4-2)12(15)17-11-18-13(14)16/h3-11H2,1-2H3. The lowest BCUT2D eigenvalue weighted by molar-refractivity contribution is -0.203. The minimum atomic E-state index is -1.03. The van der Waals surface area contributed by atoms with Crippen LogP contribution in [0.5, 0.6) is 0 Å². The summed E-state index contributed by atoms with van der Waals surface area (Å²) >= 11 is 0. The third-order valence-electron chi connectivity index (χ3n) is 3.58. The molecule has 1 fully saturated rings. The van der Waals surface area contributed by atoms with Crippen LogP contribution >= 0.6 is 0 Å². The maximum Gasteiger partial charge on any atom is 0.326 e. The predicted molar refractivity (Wildman–Crippen MR) is 67.8 cm³/mol. The quantitative estimate of drug-likeness (QED) is 0.380. The van der Waals surface area contributed by atoms with Crippen molar-refractivity contribution in [3.05, 3.63) is 0 Å². The van der Waals surface area contributed by atoms with Crippen molar-refractivity contribution in [1.82, 2.24) is 0 Å². The maximum absolute atomic E-state index is 12.0. The Bertz CT molecular complexity index is 258. The second-order valence-corrected chi connectivity index (χ2v) is 4.98. The van der Waals surface area contributed by atoms with Gasteiger partial charge in [0.1, 0.15) is 0 Å². The molecule has 0 N–H and O–H groups in total. The average molecular weight is 256 g/mol. The van der Waals surface area contributed by atoms with Crippen LogP contribution in [0, 0.1) is 5.41 Å². The molecule has 1 saturated heterocycles. The molecule has 0 spiro atoms. The molecule has 0 aromatic heterocycles. The molecule has 1 rings (SSSR count). The monoisotopic (exact) mass is 256 g/mol. The lowest BCUT2D eigenvalue weighted by Gasteiger charge is -2.32. The number of carbonyl (C=O) groups excluding carboxylic acids is 2. The van der Waals surface area contributed by atoms with E-state index in [1.54, 1.807) is 0 Å². The zero-order chi connectivity index (χ0) is 13.4. The Kier molecular flexibility index (Phi) is 6.16. The van der Waals surface area contributed by atoms with Gasteiger partial charge >= 0.3 is 11.9 Å². The van der Waals surface area contributed by atoms with Crippen LogP contribution in [0.1, 0.15) is 65.2 Å². The van der Waals surface area contributed by atoms with E-state index in [4.69, 9.17) is 9.47 Å². The van der Waals surface area contributed by atoms with E-state index in [0.717, 1.165) is 38.5 Å². The summed E-state index contributed by atoms with van der Waals surface area (Å²) in [5.74, 6) is -0.767. The molecule has 0 saturated carbocycles. The normalized spacial score (nSPS) is 18.3. The molecule has 0 atom stereocenters. The van der Waals surface area contributed by atoms with E-state index in [1.165, 1.54) is 0 Å². The minimum absolute atomic E-state index is 0.221. The van der Waals surface area contributed by atoms with Crippen LogP contribution in [0.4, 0.5) is 0 Å². The number of hydrogen-bond donors (Lipinski definition) is 0. The summed E-state index contributed by atoms with van der Waals surface area (Å²) in [6, 6.07) is 0. The topological polar surface area (TPSA) is 52.6 Å². The van der Waals surface area contributed by atoms with E-state index in [-0.39, 0.29) is 18.7 Å². The van der Waals surface area contributed by atoms with Crippen molar-refractivity contribution in [2.45, 2.75) is 65.2 Å². The first-order valence-corrected chi connectivity index (χ1v) is 7.02. The molecule has 4 nitrogen and oxygen atoms in total. The van der Waals surface area contributed by atoms with Crippen LogP contribution in [-0.2, 0) is 19.1 Å². The van der Waals surface area contributed by atoms with Gasteiger partial charge in [0, 0.05) is 0 Å². The van der Waals surface area contributed by atoms with E-state index in [2.05, 4.69) is 13.8 Å². The molecule has 1 aliphatic rings. The Morgan fingerprint density at radius 3 is 1.72 bits per heavy atom. The molecule has 0 unspecified atom stereocenters. The molecule has 4 heteroatoms. The zero-order valence-electron chi connectivity index (χ0n) is 11.5. The Morgan fingerprint density at radius 2 is 1.33 bits per heavy atom. The van der Waals surface area contributed by atoms with Gasteiger partial charge in [-0.3, -0.25) is 9.59 Å². The fourth-order valence-electron chi connectivity index (χ4n) is 2.38. The summed E-state index contributed by atoms with van der Waals surface area (Å²) < 4.78 is 9.89. The van der Waals surface area contributed by atoms with E-state index < -0.39 is 5.41 Å². The Balaban J connectivity index is 2.70. The van der Waals surface area contributed by atoms with Crippen LogP contribution in [0.25, 0.3) is 0 Å². The van der Waals surface area contributed by atoms with Gasteiger partial charge in [0.05, 0.1) is 0 Å². The highest BCUT2D eigenvalue weighted by atomic mass is 16.7. The molecule has 0 aromatic rings. The summed E-state index contributed by atoms with van der Waals surface area (Å²) in [5.41, 5.74) is -1.03. The van der Waals surface area contributed by atoms with Gasteiger partial charge in [-0.25, -0.2) is 0 Å². The highest BCUT2D eigenvalue weighted by Crippen LogP contribution is 2.36. The van der Waals surface area contributed by atoms with Crippen molar-refractivity contribution in [2.24, 2.45) is 5.41 Å². The first kappa shape index (κ1) is 15.0. The number of hydrogen-bond acceptors (Lipinski definition) is 4.